The van der Waals surface area contributed by atoms with E-state index in [0.717, 1.165) is 25.4 Å². The number of benzene rings is 1. The highest BCUT2D eigenvalue weighted by molar-refractivity contribution is 5.41. The van der Waals surface area contributed by atoms with Crippen molar-refractivity contribution in [2.45, 2.75) is 33.0 Å². The molecule has 1 aromatic carbocycles. The first-order chi connectivity index (χ1) is 6.77. The van der Waals surface area contributed by atoms with Crippen LogP contribution in [-0.2, 0) is 17.8 Å². The number of ether oxygens (including phenoxy) is 2. The van der Waals surface area contributed by atoms with Crippen LogP contribution >= 0.6 is 0 Å². The summed E-state index contributed by atoms with van der Waals surface area (Å²) in [5, 5.41) is 0. The summed E-state index contributed by atoms with van der Waals surface area (Å²) in [5.74, 6) is 1.03. The predicted octanol–water partition coefficient (Wildman–Crippen LogP) is 2.55. The molecule has 0 saturated heterocycles. The van der Waals surface area contributed by atoms with E-state index < -0.39 is 0 Å². The molecule has 0 saturated carbocycles. The van der Waals surface area contributed by atoms with Crippen LogP contribution in [0.4, 0.5) is 0 Å². The first-order valence-corrected chi connectivity index (χ1v) is 5.12. The van der Waals surface area contributed by atoms with Crippen molar-refractivity contribution in [1.29, 1.82) is 0 Å². The molecule has 76 valence electrons. The standard InChI is InChI=1S/C12H16O2/c1-9(2)14-12-5-3-4-10-8-13-7-6-11(10)12/h3-5,9H,6-8H2,1-2H3. The Bertz CT molecular complexity index is 318. The lowest BCUT2D eigenvalue weighted by Crippen LogP contribution is -2.14. The van der Waals surface area contributed by atoms with Gasteiger partial charge in [0.05, 0.1) is 19.3 Å². The highest BCUT2D eigenvalue weighted by Gasteiger charge is 2.14. The molecule has 2 rings (SSSR count). The van der Waals surface area contributed by atoms with Crippen molar-refractivity contribution in [2.24, 2.45) is 0 Å². The van der Waals surface area contributed by atoms with Gasteiger partial charge in [-0.2, -0.15) is 0 Å². The van der Waals surface area contributed by atoms with E-state index in [1.165, 1.54) is 11.1 Å². The summed E-state index contributed by atoms with van der Waals surface area (Å²) >= 11 is 0. The first-order valence-electron chi connectivity index (χ1n) is 5.12. The van der Waals surface area contributed by atoms with Gasteiger partial charge in [-0.15, -0.1) is 0 Å². The maximum absolute atomic E-state index is 5.76. The summed E-state index contributed by atoms with van der Waals surface area (Å²) in [6.07, 6.45) is 1.21. The number of hydrogen-bond acceptors (Lipinski definition) is 2. The fourth-order valence-corrected chi connectivity index (χ4v) is 1.75. The maximum atomic E-state index is 5.76. The lowest BCUT2D eigenvalue weighted by Gasteiger charge is -2.21. The molecule has 0 fully saturated rings. The van der Waals surface area contributed by atoms with Crippen LogP contribution in [0.15, 0.2) is 18.2 Å². The molecule has 1 aromatic rings. The first kappa shape index (κ1) is 9.53. The largest absolute Gasteiger partial charge is 0.491 e. The van der Waals surface area contributed by atoms with E-state index in [-0.39, 0.29) is 6.10 Å². The van der Waals surface area contributed by atoms with Crippen LogP contribution in [0.1, 0.15) is 25.0 Å². The lowest BCUT2D eigenvalue weighted by molar-refractivity contribution is 0.108. The second-order valence-electron chi connectivity index (χ2n) is 3.86. The van der Waals surface area contributed by atoms with Crippen LogP contribution in [0.5, 0.6) is 5.75 Å². The molecule has 0 unspecified atom stereocenters. The van der Waals surface area contributed by atoms with Gasteiger partial charge in [0.2, 0.25) is 0 Å². The minimum atomic E-state index is 0.240. The number of fused-ring (bicyclic) bond motifs is 1. The summed E-state index contributed by atoms with van der Waals surface area (Å²) in [7, 11) is 0. The van der Waals surface area contributed by atoms with Crippen LogP contribution < -0.4 is 4.74 Å². The number of rotatable bonds is 2. The molecule has 2 nitrogen and oxygen atoms in total. The van der Waals surface area contributed by atoms with E-state index in [1.807, 2.05) is 12.1 Å². The van der Waals surface area contributed by atoms with Gasteiger partial charge in [-0.05, 0) is 31.9 Å². The van der Waals surface area contributed by atoms with Crippen LogP contribution in [0.25, 0.3) is 0 Å². The molecule has 0 amide bonds. The Morgan fingerprint density at radius 3 is 3.00 bits per heavy atom. The average Bonchev–Trinajstić information content (AvgIpc) is 2.18. The van der Waals surface area contributed by atoms with Gasteiger partial charge in [-0.3, -0.25) is 0 Å². The third-order valence-electron chi connectivity index (χ3n) is 2.35. The van der Waals surface area contributed by atoms with E-state index in [0.29, 0.717) is 0 Å². The third-order valence-corrected chi connectivity index (χ3v) is 2.35. The molecule has 0 atom stereocenters. The molecular weight excluding hydrogens is 176 g/mol. The Kier molecular flexibility index (Phi) is 2.73. The Labute approximate surface area is 84.8 Å². The van der Waals surface area contributed by atoms with E-state index in [2.05, 4.69) is 19.9 Å². The number of hydrogen-bond donors (Lipinski definition) is 0. The SMILES string of the molecule is CC(C)Oc1cccc2c1CCOC2. The van der Waals surface area contributed by atoms with Crippen molar-refractivity contribution >= 4 is 0 Å². The molecule has 1 heterocycles. The molecule has 2 heteroatoms. The summed E-state index contributed by atoms with van der Waals surface area (Å²) < 4.78 is 11.2. The zero-order valence-corrected chi connectivity index (χ0v) is 8.75. The Morgan fingerprint density at radius 1 is 1.36 bits per heavy atom. The van der Waals surface area contributed by atoms with Gasteiger partial charge >= 0.3 is 0 Å². The molecule has 0 spiro atoms. The van der Waals surface area contributed by atoms with E-state index >= 15 is 0 Å². The molecule has 0 N–H and O–H groups in total. The van der Waals surface area contributed by atoms with Gasteiger partial charge in [0.1, 0.15) is 5.75 Å². The average molecular weight is 192 g/mol. The van der Waals surface area contributed by atoms with Crippen molar-refractivity contribution < 1.29 is 9.47 Å². The van der Waals surface area contributed by atoms with Gasteiger partial charge in [0.15, 0.2) is 0 Å². The highest BCUT2D eigenvalue weighted by atomic mass is 16.5. The van der Waals surface area contributed by atoms with Crippen molar-refractivity contribution in [3.8, 4) is 5.75 Å². The monoisotopic (exact) mass is 192 g/mol. The van der Waals surface area contributed by atoms with E-state index in [1.54, 1.807) is 0 Å². The second-order valence-corrected chi connectivity index (χ2v) is 3.86. The summed E-state index contributed by atoms with van der Waals surface area (Å²) in [4.78, 5) is 0. The van der Waals surface area contributed by atoms with Gasteiger partial charge in [0.25, 0.3) is 0 Å². The summed E-state index contributed by atoms with van der Waals surface area (Å²) in [6, 6.07) is 6.19. The van der Waals surface area contributed by atoms with E-state index in [9.17, 15) is 0 Å². The predicted molar refractivity (Wildman–Crippen MR) is 55.6 cm³/mol. The highest BCUT2D eigenvalue weighted by Crippen LogP contribution is 2.27. The molecule has 0 aliphatic carbocycles. The lowest BCUT2D eigenvalue weighted by atomic mass is 10.0. The van der Waals surface area contributed by atoms with Crippen LogP contribution in [0.3, 0.4) is 0 Å². The van der Waals surface area contributed by atoms with Gasteiger partial charge in [0, 0.05) is 5.56 Å². The van der Waals surface area contributed by atoms with Crippen molar-refractivity contribution in [3.63, 3.8) is 0 Å². The summed E-state index contributed by atoms with van der Waals surface area (Å²) in [5.41, 5.74) is 2.60. The third kappa shape index (κ3) is 1.90. The minimum Gasteiger partial charge on any atom is -0.491 e. The Morgan fingerprint density at radius 2 is 2.21 bits per heavy atom. The van der Waals surface area contributed by atoms with Gasteiger partial charge < -0.3 is 9.47 Å². The second kappa shape index (κ2) is 4.01. The van der Waals surface area contributed by atoms with Crippen LogP contribution in [-0.4, -0.2) is 12.7 Å². The van der Waals surface area contributed by atoms with Crippen LogP contribution in [0.2, 0.25) is 0 Å². The molecule has 0 aromatic heterocycles. The Balaban J connectivity index is 2.30. The molecule has 14 heavy (non-hydrogen) atoms. The quantitative estimate of drug-likeness (QED) is 0.717. The molecular formula is C12H16O2. The fourth-order valence-electron chi connectivity index (χ4n) is 1.75. The van der Waals surface area contributed by atoms with Crippen LogP contribution in [0, 0.1) is 0 Å². The van der Waals surface area contributed by atoms with Crippen molar-refractivity contribution in [2.75, 3.05) is 6.61 Å². The molecule has 1 aliphatic rings. The zero-order chi connectivity index (χ0) is 9.97. The molecule has 0 bridgehead atoms. The van der Waals surface area contributed by atoms with Gasteiger partial charge in [-0.1, -0.05) is 12.1 Å². The summed E-state index contributed by atoms with van der Waals surface area (Å²) in [6.45, 7) is 5.65. The zero-order valence-electron chi connectivity index (χ0n) is 8.75. The van der Waals surface area contributed by atoms with Gasteiger partial charge in [-0.25, -0.2) is 0 Å². The normalized spacial score (nSPS) is 15.4. The minimum absolute atomic E-state index is 0.240. The topological polar surface area (TPSA) is 18.5 Å². The van der Waals surface area contributed by atoms with Crippen molar-refractivity contribution in [1.82, 2.24) is 0 Å². The van der Waals surface area contributed by atoms with Crippen molar-refractivity contribution in [3.05, 3.63) is 29.3 Å². The Hall–Kier alpha value is -1.02. The molecule has 0 radical (unpaired) electrons. The maximum Gasteiger partial charge on any atom is 0.123 e. The fraction of sp³-hybridized carbons (Fsp3) is 0.500. The molecule has 1 aliphatic heterocycles. The smallest absolute Gasteiger partial charge is 0.123 e. The van der Waals surface area contributed by atoms with E-state index in [4.69, 9.17) is 9.47 Å².